The Morgan fingerprint density at radius 2 is 1.94 bits per heavy atom. The number of aromatic nitrogens is 2. The molecule has 14 nitrogen and oxygen atoms in total. The maximum absolute atomic E-state index is 12.3. The molecule has 1 unspecified atom stereocenters. The minimum absolute atomic E-state index is 0. The summed E-state index contributed by atoms with van der Waals surface area (Å²) in [4.78, 5) is 65.7. The summed E-state index contributed by atoms with van der Waals surface area (Å²) in [5.74, 6) is -3.00. The number of aliphatic carboxylic acids is 2. The average Bonchev–Trinajstić information content (AvgIpc) is 2.79. The van der Waals surface area contributed by atoms with Crippen molar-refractivity contribution in [2.45, 2.75) is 24.9 Å². The first-order valence-electron chi connectivity index (χ1n) is 10.2. The lowest BCUT2D eigenvalue weighted by Gasteiger charge is -2.34. The molecule has 1 aliphatic heterocycles. The summed E-state index contributed by atoms with van der Waals surface area (Å²) < 4.78 is 0. The number of amides is 2. The van der Waals surface area contributed by atoms with Gasteiger partial charge in [0.15, 0.2) is 11.5 Å². The summed E-state index contributed by atoms with van der Waals surface area (Å²) in [6.45, 7) is 0.568. The number of nitrogens with one attached hydrogen (secondary N) is 4. The van der Waals surface area contributed by atoms with Crippen LogP contribution in [-0.4, -0.2) is 69.6 Å². The molecule has 3 rings (SSSR count). The van der Waals surface area contributed by atoms with Crippen molar-refractivity contribution < 1.29 is 29.4 Å². The Kier molecular flexibility index (Phi) is 8.99. The minimum Gasteiger partial charge on any atom is -0.481 e. The number of nitrogens with zero attached hydrogens (tertiary/aromatic N) is 2. The van der Waals surface area contributed by atoms with Gasteiger partial charge in [0.1, 0.15) is 6.04 Å². The number of H-pyrrole nitrogens is 1. The van der Waals surface area contributed by atoms with Crippen molar-refractivity contribution in [1.29, 1.82) is 0 Å². The smallest absolute Gasteiger partial charge is 0.326 e. The van der Waals surface area contributed by atoms with Gasteiger partial charge >= 0.3 is 11.9 Å². The van der Waals surface area contributed by atoms with E-state index in [1.807, 2.05) is 0 Å². The molecule has 35 heavy (non-hydrogen) atoms. The molecule has 1 aliphatic rings. The zero-order chi connectivity index (χ0) is 24.8. The van der Waals surface area contributed by atoms with Crippen LogP contribution < -0.4 is 32.1 Å². The summed E-state index contributed by atoms with van der Waals surface area (Å²) in [5.41, 5.74) is 5.84. The van der Waals surface area contributed by atoms with Crippen LogP contribution in [-0.2, 0) is 14.4 Å². The number of carboxylic acids is 2. The van der Waals surface area contributed by atoms with E-state index >= 15 is 0 Å². The predicted molar refractivity (Wildman–Crippen MR) is 128 cm³/mol. The Hall–Kier alpha value is -4.33. The van der Waals surface area contributed by atoms with Crippen molar-refractivity contribution in [3.05, 3.63) is 40.2 Å². The number of anilines is 4. The Balaban J connectivity index is 0.00000432. The number of rotatable bonds is 10. The molecule has 0 saturated heterocycles. The van der Waals surface area contributed by atoms with Crippen molar-refractivity contribution in [2.24, 2.45) is 0 Å². The lowest BCUT2D eigenvalue weighted by Crippen LogP contribution is -2.50. The fraction of sp³-hybridized carbons (Fsp3) is 0.300. The highest BCUT2D eigenvalue weighted by Gasteiger charge is 2.29. The second-order valence-corrected chi connectivity index (χ2v) is 7.45. The fourth-order valence-corrected chi connectivity index (χ4v) is 3.39. The number of halogens is 1. The van der Waals surface area contributed by atoms with Gasteiger partial charge in [-0.05, 0) is 30.7 Å². The van der Waals surface area contributed by atoms with Crippen molar-refractivity contribution in [1.82, 2.24) is 15.3 Å². The van der Waals surface area contributed by atoms with E-state index in [9.17, 15) is 29.1 Å². The lowest BCUT2D eigenvalue weighted by atomic mass is 10.1. The third-order valence-corrected chi connectivity index (χ3v) is 5.12. The Morgan fingerprint density at radius 3 is 2.54 bits per heavy atom. The largest absolute Gasteiger partial charge is 0.481 e. The first kappa shape index (κ1) is 26.9. The SMILES string of the molecule is Cl.Nc1nc2c(c(=O)[nH]1)N(C=O)C(CNc1ccc(C(=O)N[C@@H](CCC(=O)O)C(=O)O)cc1)CN2. The fourth-order valence-electron chi connectivity index (χ4n) is 3.39. The maximum atomic E-state index is 12.3. The summed E-state index contributed by atoms with van der Waals surface area (Å²) in [7, 11) is 0. The highest BCUT2D eigenvalue weighted by Crippen LogP contribution is 2.25. The number of hydrogen-bond donors (Lipinski definition) is 7. The van der Waals surface area contributed by atoms with Gasteiger partial charge in [0.2, 0.25) is 12.4 Å². The summed E-state index contributed by atoms with van der Waals surface area (Å²) in [5, 5.41) is 26.3. The molecule has 0 aliphatic carbocycles. The molecule has 0 radical (unpaired) electrons. The van der Waals surface area contributed by atoms with Gasteiger partial charge in [-0.1, -0.05) is 0 Å². The van der Waals surface area contributed by atoms with Gasteiger partial charge in [-0.2, -0.15) is 4.98 Å². The summed E-state index contributed by atoms with van der Waals surface area (Å²) >= 11 is 0. The van der Waals surface area contributed by atoms with Crippen LogP contribution in [0.5, 0.6) is 0 Å². The topological polar surface area (TPSA) is 220 Å². The van der Waals surface area contributed by atoms with Crippen LogP contribution in [0.2, 0.25) is 0 Å². The summed E-state index contributed by atoms with van der Waals surface area (Å²) in [6.07, 6.45) is -0.101. The summed E-state index contributed by atoms with van der Waals surface area (Å²) in [6, 6.07) is 4.36. The highest BCUT2D eigenvalue weighted by molar-refractivity contribution is 5.97. The molecular formula is C20H24ClN7O7. The van der Waals surface area contributed by atoms with Crippen LogP contribution in [0.25, 0.3) is 0 Å². The van der Waals surface area contributed by atoms with Crippen LogP contribution in [0.1, 0.15) is 23.2 Å². The first-order valence-corrected chi connectivity index (χ1v) is 10.2. The molecule has 0 fully saturated rings. The second-order valence-electron chi connectivity index (χ2n) is 7.45. The van der Waals surface area contributed by atoms with E-state index in [1.165, 1.54) is 17.0 Å². The van der Waals surface area contributed by atoms with E-state index in [0.717, 1.165) is 0 Å². The molecule has 15 heteroatoms. The van der Waals surface area contributed by atoms with Crippen LogP contribution >= 0.6 is 12.4 Å². The van der Waals surface area contributed by atoms with E-state index in [1.54, 1.807) is 12.1 Å². The molecule has 2 heterocycles. The molecular weight excluding hydrogens is 486 g/mol. The molecule has 8 N–H and O–H groups in total. The van der Waals surface area contributed by atoms with Gasteiger partial charge in [-0.3, -0.25) is 24.2 Å². The number of nitrogens with two attached hydrogens (primary N) is 1. The van der Waals surface area contributed by atoms with Gasteiger partial charge in [-0.25, -0.2) is 4.79 Å². The second kappa shape index (κ2) is 11.7. The highest BCUT2D eigenvalue weighted by atomic mass is 35.5. The number of fused-ring (bicyclic) bond motifs is 1. The Morgan fingerprint density at radius 1 is 1.26 bits per heavy atom. The van der Waals surface area contributed by atoms with E-state index in [0.29, 0.717) is 18.6 Å². The van der Waals surface area contributed by atoms with E-state index in [-0.39, 0.29) is 48.4 Å². The number of aromatic amines is 1. The molecule has 2 amide bonds. The Bertz CT molecular complexity index is 1160. The van der Waals surface area contributed by atoms with Crippen LogP contribution in [0, 0.1) is 0 Å². The van der Waals surface area contributed by atoms with Gasteiger partial charge in [-0.15, -0.1) is 12.4 Å². The van der Waals surface area contributed by atoms with Crippen LogP contribution in [0.4, 0.5) is 23.1 Å². The quantitative estimate of drug-likeness (QED) is 0.206. The van der Waals surface area contributed by atoms with Gasteiger partial charge in [0.25, 0.3) is 11.5 Å². The number of carbonyl (C=O) groups is 4. The molecule has 2 aromatic rings. The number of nitrogen functional groups attached to an aromatic ring is 1. The zero-order valence-electron chi connectivity index (χ0n) is 18.2. The third kappa shape index (κ3) is 6.60. The molecule has 0 saturated carbocycles. The molecule has 1 aromatic heterocycles. The molecule has 0 spiro atoms. The van der Waals surface area contributed by atoms with E-state index in [2.05, 4.69) is 25.9 Å². The third-order valence-electron chi connectivity index (χ3n) is 5.12. The van der Waals surface area contributed by atoms with Crippen molar-refractivity contribution in [2.75, 3.05) is 34.4 Å². The van der Waals surface area contributed by atoms with Crippen molar-refractivity contribution >= 4 is 59.8 Å². The number of hydrogen-bond acceptors (Lipinski definition) is 9. The van der Waals surface area contributed by atoms with Gasteiger partial charge in [0.05, 0.1) is 6.04 Å². The molecule has 1 aromatic carbocycles. The normalized spacial score (nSPS) is 15.0. The molecule has 188 valence electrons. The van der Waals surface area contributed by atoms with Gasteiger partial charge < -0.3 is 36.8 Å². The monoisotopic (exact) mass is 509 g/mol. The maximum Gasteiger partial charge on any atom is 0.326 e. The lowest BCUT2D eigenvalue weighted by molar-refractivity contribution is -0.140. The molecule has 2 atom stereocenters. The Labute approximate surface area is 204 Å². The predicted octanol–water partition coefficient (Wildman–Crippen LogP) is -0.309. The number of carboxylic acid groups (broad SMARTS) is 2. The van der Waals surface area contributed by atoms with Gasteiger partial charge in [0, 0.05) is 30.8 Å². The van der Waals surface area contributed by atoms with Crippen molar-refractivity contribution in [3.8, 4) is 0 Å². The number of benzene rings is 1. The van der Waals surface area contributed by atoms with E-state index in [4.69, 9.17) is 10.8 Å². The molecule has 0 bridgehead atoms. The van der Waals surface area contributed by atoms with E-state index < -0.39 is 41.9 Å². The first-order chi connectivity index (χ1) is 16.2. The van der Waals surface area contributed by atoms with Crippen LogP contribution in [0.3, 0.4) is 0 Å². The number of carbonyl (C=O) groups excluding carboxylic acids is 2. The van der Waals surface area contributed by atoms with Crippen LogP contribution in [0.15, 0.2) is 29.1 Å². The van der Waals surface area contributed by atoms with Crippen molar-refractivity contribution in [3.63, 3.8) is 0 Å². The minimum atomic E-state index is -1.33. The zero-order valence-corrected chi connectivity index (χ0v) is 19.0. The average molecular weight is 510 g/mol. The standard InChI is InChI=1S/C20H23N7O7.ClH/c21-20-25-16-15(18(32)26-20)27(9-28)12(8-23-16)7-22-11-3-1-10(2-4-11)17(31)24-13(19(33)34)5-6-14(29)30;/h1-4,9,12-13,22H,5-8H2,(H,24,31)(H,29,30)(H,33,34)(H4,21,23,25,26,32);1H/t12?,13-;/m0./s1.